The highest BCUT2D eigenvalue weighted by Gasteiger charge is 2.23. The standard InChI is InChI=1S/C22H23F2N3O2S/c23-17-7-3-5-16(13-17)6-4-12-30(28,29)20-15-27(14-18-8-1-2-11-25-18)22-19(20)9-10-21(24)26-22/h3-7,9-10,13,15,18,25H,1-2,8,11-12,14H2. The zero-order valence-corrected chi connectivity index (χ0v) is 17.2. The Hall–Kier alpha value is -2.58. The van der Waals surface area contributed by atoms with Crippen LogP contribution in [0.2, 0.25) is 0 Å². The summed E-state index contributed by atoms with van der Waals surface area (Å²) in [4.78, 5) is 4.09. The Kier molecular flexibility index (Phi) is 5.97. The van der Waals surface area contributed by atoms with E-state index in [4.69, 9.17) is 0 Å². The average molecular weight is 432 g/mol. The van der Waals surface area contributed by atoms with Crippen LogP contribution in [-0.4, -0.2) is 36.3 Å². The average Bonchev–Trinajstić information content (AvgIpc) is 3.07. The number of rotatable bonds is 6. The third-order valence-corrected chi connectivity index (χ3v) is 6.92. The Morgan fingerprint density at radius 1 is 1.20 bits per heavy atom. The van der Waals surface area contributed by atoms with Crippen molar-refractivity contribution in [3.8, 4) is 0 Å². The molecule has 4 rings (SSSR count). The highest BCUT2D eigenvalue weighted by atomic mass is 32.2. The maximum absolute atomic E-state index is 13.8. The molecule has 0 saturated carbocycles. The van der Waals surface area contributed by atoms with Gasteiger partial charge in [-0.3, -0.25) is 0 Å². The van der Waals surface area contributed by atoms with Crippen LogP contribution >= 0.6 is 0 Å². The predicted octanol–water partition coefficient (Wildman–Crippen LogP) is 3.94. The summed E-state index contributed by atoms with van der Waals surface area (Å²) in [6.45, 7) is 1.45. The number of nitrogens with one attached hydrogen (secondary N) is 1. The molecule has 0 radical (unpaired) electrons. The molecular weight excluding hydrogens is 408 g/mol. The molecule has 158 valence electrons. The van der Waals surface area contributed by atoms with Gasteiger partial charge in [0.15, 0.2) is 9.84 Å². The molecule has 1 aromatic carbocycles. The van der Waals surface area contributed by atoms with Crippen molar-refractivity contribution in [2.45, 2.75) is 36.7 Å². The van der Waals surface area contributed by atoms with Crippen LogP contribution in [0.4, 0.5) is 8.78 Å². The van der Waals surface area contributed by atoms with Gasteiger partial charge in [0.05, 0.1) is 10.6 Å². The molecule has 3 aromatic rings. The second-order valence-electron chi connectivity index (χ2n) is 7.54. The lowest BCUT2D eigenvalue weighted by Crippen LogP contribution is -2.37. The lowest BCUT2D eigenvalue weighted by atomic mass is 10.1. The van der Waals surface area contributed by atoms with Crippen LogP contribution in [0, 0.1) is 11.8 Å². The summed E-state index contributed by atoms with van der Waals surface area (Å²) in [7, 11) is -3.68. The minimum Gasteiger partial charge on any atom is -0.330 e. The SMILES string of the molecule is O=S(=O)(CC=Cc1cccc(F)c1)c1cn(CC2CCCCN2)c2nc(F)ccc12. The van der Waals surface area contributed by atoms with Crippen molar-refractivity contribution in [1.82, 2.24) is 14.9 Å². The summed E-state index contributed by atoms with van der Waals surface area (Å²) in [5.41, 5.74) is 0.912. The summed E-state index contributed by atoms with van der Waals surface area (Å²) >= 11 is 0. The first-order valence-corrected chi connectivity index (χ1v) is 11.6. The normalized spacial score (nSPS) is 17.7. The third-order valence-electron chi connectivity index (χ3n) is 5.29. The summed E-state index contributed by atoms with van der Waals surface area (Å²) < 4.78 is 54.9. The lowest BCUT2D eigenvalue weighted by Gasteiger charge is -2.24. The fraction of sp³-hybridized carbons (Fsp3) is 0.318. The van der Waals surface area contributed by atoms with Crippen LogP contribution in [0.25, 0.3) is 17.1 Å². The van der Waals surface area contributed by atoms with Gasteiger partial charge in [-0.1, -0.05) is 30.7 Å². The highest BCUT2D eigenvalue weighted by Crippen LogP contribution is 2.26. The number of pyridine rings is 1. The molecule has 5 nitrogen and oxygen atoms in total. The van der Waals surface area contributed by atoms with E-state index in [2.05, 4.69) is 10.3 Å². The predicted molar refractivity (Wildman–Crippen MR) is 113 cm³/mol. The minimum absolute atomic E-state index is 0.129. The number of piperidine rings is 1. The van der Waals surface area contributed by atoms with Gasteiger partial charge in [0.25, 0.3) is 0 Å². The fourth-order valence-corrected chi connectivity index (χ4v) is 5.14. The van der Waals surface area contributed by atoms with Gasteiger partial charge in [0.2, 0.25) is 5.95 Å². The molecule has 1 saturated heterocycles. The van der Waals surface area contributed by atoms with E-state index in [9.17, 15) is 17.2 Å². The van der Waals surface area contributed by atoms with E-state index in [0.29, 0.717) is 23.1 Å². The Balaban J connectivity index is 1.63. The van der Waals surface area contributed by atoms with Crippen molar-refractivity contribution >= 4 is 26.9 Å². The molecular formula is C22H23F2N3O2S. The topological polar surface area (TPSA) is 64.0 Å². The highest BCUT2D eigenvalue weighted by molar-refractivity contribution is 7.91. The lowest BCUT2D eigenvalue weighted by molar-refractivity contribution is 0.365. The fourth-order valence-electron chi connectivity index (χ4n) is 3.82. The first-order valence-electron chi connectivity index (χ1n) is 9.96. The van der Waals surface area contributed by atoms with E-state index in [1.165, 1.54) is 30.3 Å². The minimum atomic E-state index is -3.68. The van der Waals surface area contributed by atoms with Gasteiger partial charge < -0.3 is 9.88 Å². The van der Waals surface area contributed by atoms with Crippen molar-refractivity contribution in [2.75, 3.05) is 12.3 Å². The van der Waals surface area contributed by atoms with Gasteiger partial charge >= 0.3 is 0 Å². The van der Waals surface area contributed by atoms with E-state index in [1.807, 2.05) is 0 Å². The van der Waals surface area contributed by atoms with Gasteiger partial charge in [-0.15, -0.1) is 0 Å². The molecule has 1 fully saturated rings. The molecule has 30 heavy (non-hydrogen) atoms. The van der Waals surface area contributed by atoms with E-state index in [-0.39, 0.29) is 22.5 Å². The van der Waals surface area contributed by atoms with Crippen LogP contribution in [0.3, 0.4) is 0 Å². The van der Waals surface area contributed by atoms with Crippen molar-refractivity contribution < 1.29 is 17.2 Å². The third kappa shape index (κ3) is 4.60. The first kappa shape index (κ1) is 20.7. The maximum Gasteiger partial charge on any atom is 0.214 e. The number of aromatic nitrogens is 2. The van der Waals surface area contributed by atoms with Crippen molar-refractivity contribution in [3.63, 3.8) is 0 Å². The molecule has 0 aliphatic carbocycles. The number of hydrogen-bond donors (Lipinski definition) is 1. The molecule has 1 N–H and O–H groups in total. The number of nitrogens with zero attached hydrogens (tertiary/aromatic N) is 2. The van der Waals surface area contributed by atoms with Gasteiger partial charge in [0, 0.05) is 24.2 Å². The van der Waals surface area contributed by atoms with Crippen LogP contribution in [0.15, 0.2) is 53.6 Å². The van der Waals surface area contributed by atoms with Gasteiger partial charge in [-0.2, -0.15) is 4.39 Å². The monoisotopic (exact) mass is 431 g/mol. The molecule has 2 aromatic heterocycles. The zero-order chi connectivity index (χ0) is 21.1. The number of benzene rings is 1. The molecule has 1 atom stereocenters. The molecule has 0 amide bonds. The molecule has 0 bridgehead atoms. The maximum atomic E-state index is 13.8. The summed E-state index contributed by atoms with van der Waals surface area (Å²) in [6.07, 6.45) is 7.82. The van der Waals surface area contributed by atoms with Crippen molar-refractivity contribution in [2.24, 2.45) is 0 Å². The van der Waals surface area contributed by atoms with Gasteiger partial charge in [-0.25, -0.2) is 17.8 Å². The van der Waals surface area contributed by atoms with Crippen molar-refractivity contribution in [3.05, 3.63) is 66.0 Å². The first-order chi connectivity index (χ1) is 14.4. The summed E-state index contributed by atoms with van der Waals surface area (Å²) in [5.74, 6) is -1.28. The molecule has 1 aliphatic heterocycles. The Morgan fingerprint density at radius 3 is 2.83 bits per heavy atom. The quantitative estimate of drug-likeness (QED) is 0.601. The molecule has 3 heterocycles. The van der Waals surface area contributed by atoms with Crippen molar-refractivity contribution in [1.29, 1.82) is 0 Å². The molecule has 1 unspecified atom stereocenters. The van der Waals surface area contributed by atoms with Gasteiger partial charge in [0.1, 0.15) is 11.5 Å². The Bertz CT molecular complexity index is 1180. The smallest absolute Gasteiger partial charge is 0.214 e. The van der Waals surface area contributed by atoms with Crippen LogP contribution in [-0.2, 0) is 16.4 Å². The van der Waals surface area contributed by atoms with E-state index >= 15 is 0 Å². The second kappa shape index (κ2) is 8.65. The summed E-state index contributed by atoms with van der Waals surface area (Å²) in [5, 5.41) is 3.83. The summed E-state index contributed by atoms with van der Waals surface area (Å²) in [6, 6.07) is 8.76. The number of halogens is 2. The Morgan fingerprint density at radius 2 is 2.07 bits per heavy atom. The zero-order valence-electron chi connectivity index (χ0n) is 16.4. The molecule has 0 spiro atoms. The number of hydrogen-bond acceptors (Lipinski definition) is 4. The van der Waals surface area contributed by atoms with E-state index in [0.717, 1.165) is 25.8 Å². The number of sulfone groups is 1. The Labute approximate surface area is 174 Å². The van der Waals surface area contributed by atoms with E-state index < -0.39 is 15.8 Å². The molecule has 1 aliphatic rings. The molecule has 8 heteroatoms. The van der Waals surface area contributed by atoms with Crippen LogP contribution < -0.4 is 5.32 Å². The van der Waals surface area contributed by atoms with Gasteiger partial charge in [-0.05, 0) is 49.2 Å². The number of fused-ring (bicyclic) bond motifs is 1. The van der Waals surface area contributed by atoms with Crippen LogP contribution in [0.5, 0.6) is 0 Å². The van der Waals surface area contributed by atoms with E-state index in [1.54, 1.807) is 29.0 Å². The largest absolute Gasteiger partial charge is 0.330 e. The van der Waals surface area contributed by atoms with Crippen LogP contribution in [0.1, 0.15) is 24.8 Å². The second-order valence-corrected chi connectivity index (χ2v) is 9.54.